The van der Waals surface area contributed by atoms with Crippen molar-refractivity contribution in [2.75, 3.05) is 32.5 Å². The number of Topliss-reactive ketones (excluding diaryl/α,β-unsaturated/α-hetero) is 1. The van der Waals surface area contributed by atoms with Gasteiger partial charge in [-0.3, -0.25) is 14.4 Å². The lowest BCUT2D eigenvalue weighted by Gasteiger charge is -2.10. The maximum Gasteiger partial charge on any atom is 0.267 e. The lowest BCUT2D eigenvalue weighted by atomic mass is 10.1. The number of carbonyl (C=O) groups is 3. The number of benzene rings is 1. The Kier molecular flexibility index (Phi) is 8.60. The number of carbonyl (C=O) groups excluding carboxylic acids is 3. The SMILES string of the molecule is CN(C)CCCNC(=O)c1cc(NC(=O)CCC(=O)c2ccc(Br)cc2)cn1C. The highest BCUT2D eigenvalue weighted by atomic mass is 79.9. The molecular weight excluding hydrogens is 436 g/mol. The largest absolute Gasteiger partial charge is 0.351 e. The molecule has 0 saturated carbocycles. The van der Waals surface area contributed by atoms with Crippen LogP contribution in [0.2, 0.25) is 0 Å². The number of nitrogens with one attached hydrogen (secondary N) is 2. The second kappa shape index (κ2) is 10.9. The van der Waals surface area contributed by atoms with Gasteiger partial charge in [-0.25, -0.2) is 0 Å². The Morgan fingerprint density at radius 2 is 1.79 bits per heavy atom. The summed E-state index contributed by atoms with van der Waals surface area (Å²) in [5.74, 6) is -0.533. The van der Waals surface area contributed by atoms with E-state index < -0.39 is 0 Å². The fourth-order valence-corrected chi connectivity index (χ4v) is 3.04. The zero-order valence-electron chi connectivity index (χ0n) is 17.0. The van der Waals surface area contributed by atoms with Gasteiger partial charge < -0.3 is 20.1 Å². The topological polar surface area (TPSA) is 83.4 Å². The number of ketones is 1. The summed E-state index contributed by atoms with van der Waals surface area (Å²) in [5.41, 5.74) is 1.58. The second-order valence-electron chi connectivity index (χ2n) is 7.12. The molecular formula is C21H27BrN4O3. The quantitative estimate of drug-likeness (QED) is 0.419. The maximum absolute atomic E-state index is 12.3. The van der Waals surface area contributed by atoms with Crippen molar-refractivity contribution in [2.24, 2.45) is 7.05 Å². The van der Waals surface area contributed by atoms with Crippen LogP contribution < -0.4 is 10.6 Å². The Balaban J connectivity index is 1.83. The highest BCUT2D eigenvalue weighted by Crippen LogP contribution is 2.15. The van der Waals surface area contributed by atoms with Gasteiger partial charge in [-0.15, -0.1) is 0 Å². The number of rotatable bonds is 10. The average molecular weight is 463 g/mol. The van der Waals surface area contributed by atoms with Crippen LogP contribution in [0, 0.1) is 0 Å². The van der Waals surface area contributed by atoms with E-state index in [0.29, 0.717) is 23.5 Å². The fourth-order valence-electron chi connectivity index (χ4n) is 2.78. The van der Waals surface area contributed by atoms with Crippen molar-refractivity contribution in [1.82, 2.24) is 14.8 Å². The first-order chi connectivity index (χ1) is 13.8. The highest BCUT2D eigenvalue weighted by Gasteiger charge is 2.14. The molecule has 2 aromatic rings. The lowest BCUT2D eigenvalue weighted by molar-refractivity contribution is -0.116. The van der Waals surface area contributed by atoms with E-state index in [2.05, 4.69) is 31.5 Å². The molecule has 1 aromatic carbocycles. The van der Waals surface area contributed by atoms with Crippen molar-refractivity contribution in [3.63, 3.8) is 0 Å². The first kappa shape index (κ1) is 22.8. The standard InChI is InChI=1S/C21H27BrN4O3/c1-25(2)12-4-11-23-21(29)18-13-17(14-26(18)3)24-20(28)10-9-19(27)15-5-7-16(22)8-6-15/h5-8,13-14H,4,9-12H2,1-3H3,(H,23,29)(H,24,28). The molecule has 29 heavy (non-hydrogen) atoms. The molecule has 8 heteroatoms. The van der Waals surface area contributed by atoms with Gasteiger partial charge in [-0.1, -0.05) is 28.1 Å². The molecule has 0 fully saturated rings. The van der Waals surface area contributed by atoms with Crippen molar-refractivity contribution in [3.8, 4) is 0 Å². The Labute approximate surface area is 179 Å². The van der Waals surface area contributed by atoms with Gasteiger partial charge >= 0.3 is 0 Å². The van der Waals surface area contributed by atoms with Gasteiger partial charge in [0, 0.05) is 42.7 Å². The van der Waals surface area contributed by atoms with Gasteiger partial charge in [0.2, 0.25) is 5.91 Å². The highest BCUT2D eigenvalue weighted by molar-refractivity contribution is 9.10. The Morgan fingerprint density at radius 1 is 1.10 bits per heavy atom. The van der Waals surface area contributed by atoms with Gasteiger partial charge in [-0.2, -0.15) is 0 Å². The molecule has 1 heterocycles. The third kappa shape index (κ3) is 7.47. The number of halogens is 1. The molecule has 2 N–H and O–H groups in total. The second-order valence-corrected chi connectivity index (χ2v) is 8.03. The smallest absolute Gasteiger partial charge is 0.267 e. The zero-order chi connectivity index (χ0) is 21.4. The molecule has 0 unspecified atom stereocenters. The minimum absolute atomic E-state index is 0.0792. The molecule has 1 aromatic heterocycles. The predicted molar refractivity (Wildman–Crippen MR) is 117 cm³/mol. The monoisotopic (exact) mass is 462 g/mol. The first-order valence-corrected chi connectivity index (χ1v) is 10.2. The Morgan fingerprint density at radius 3 is 2.45 bits per heavy atom. The molecule has 0 spiro atoms. The summed E-state index contributed by atoms with van der Waals surface area (Å²) >= 11 is 3.33. The predicted octanol–water partition coefficient (Wildman–Crippen LogP) is 3.07. The van der Waals surface area contributed by atoms with Crippen LogP contribution in [0.25, 0.3) is 0 Å². The molecule has 0 atom stereocenters. The molecule has 0 aliphatic rings. The van der Waals surface area contributed by atoms with E-state index in [1.165, 1.54) is 0 Å². The molecule has 0 aliphatic carbocycles. The molecule has 7 nitrogen and oxygen atoms in total. The molecule has 2 amide bonds. The number of aryl methyl sites for hydroxylation is 1. The van der Waals surface area contributed by atoms with Gasteiger partial charge in [0.15, 0.2) is 5.78 Å². The molecule has 156 valence electrons. The molecule has 2 rings (SSSR count). The fraction of sp³-hybridized carbons (Fsp3) is 0.381. The van der Waals surface area contributed by atoms with Gasteiger partial charge in [0.05, 0.1) is 5.69 Å². The number of nitrogens with zero attached hydrogens (tertiary/aromatic N) is 2. The van der Waals surface area contributed by atoms with Crippen molar-refractivity contribution >= 4 is 39.2 Å². The third-order valence-corrected chi connectivity index (χ3v) is 4.86. The number of hydrogen-bond acceptors (Lipinski definition) is 4. The van der Waals surface area contributed by atoms with Gasteiger partial charge in [-0.05, 0) is 45.3 Å². The summed E-state index contributed by atoms with van der Waals surface area (Å²) in [7, 11) is 5.72. The van der Waals surface area contributed by atoms with Gasteiger partial charge in [0.1, 0.15) is 5.69 Å². The number of amides is 2. The summed E-state index contributed by atoms with van der Waals surface area (Å²) in [6, 6.07) is 8.68. The van der Waals surface area contributed by atoms with Crippen LogP contribution in [-0.2, 0) is 11.8 Å². The number of hydrogen-bond donors (Lipinski definition) is 2. The summed E-state index contributed by atoms with van der Waals surface area (Å²) in [4.78, 5) is 38.7. The van der Waals surface area contributed by atoms with E-state index in [9.17, 15) is 14.4 Å². The summed E-state index contributed by atoms with van der Waals surface area (Å²) < 4.78 is 2.57. The van der Waals surface area contributed by atoms with E-state index in [4.69, 9.17) is 0 Å². The van der Waals surface area contributed by atoms with Crippen molar-refractivity contribution < 1.29 is 14.4 Å². The number of anilines is 1. The lowest BCUT2D eigenvalue weighted by Crippen LogP contribution is -2.28. The van der Waals surface area contributed by atoms with Crippen LogP contribution in [-0.4, -0.2) is 54.2 Å². The van der Waals surface area contributed by atoms with Crippen LogP contribution in [0.3, 0.4) is 0 Å². The van der Waals surface area contributed by atoms with Crippen molar-refractivity contribution in [2.45, 2.75) is 19.3 Å². The normalized spacial score (nSPS) is 10.8. The zero-order valence-corrected chi connectivity index (χ0v) is 18.6. The van der Waals surface area contributed by atoms with Crippen LogP contribution in [0.4, 0.5) is 5.69 Å². The van der Waals surface area contributed by atoms with Crippen LogP contribution >= 0.6 is 15.9 Å². The van der Waals surface area contributed by atoms with E-state index in [1.807, 2.05) is 14.1 Å². The van der Waals surface area contributed by atoms with Crippen LogP contribution in [0.1, 0.15) is 40.1 Å². The summed E-state index contributed by atoms with van der Waals surface area (Å²) in [5, 5.41) is 5.63. The molecule has 0 radical (unpaired) electrons. The molecule has 0 aliphatic heterocycles. The van der Waals surface area contributed by atoms with Crippen molar-refractivity contribution in [1.29, 1.82) is 0 Å². The average Bonchev–Trinajstić information content (AvgIpc) is 3.03. The van der Waals surface area contributed by atoms with Gasteiger partial charge in [0.25, 0.3) is 5.91 Å². The molecule has 0 bridgehead atoms. The summed E-state index contributed by atoms with van der Waals surface area (Å²) in [6.07, 6.45) is 2.75. The third-order valence-electron chi connectivity index (χ3n) is 4.33. The first-order valence-electron chi connectivity index (χ1n) is 9.44. The Hall–Kier alpha value is -2.45. The van der Waals surface area contributed by atoms with Crippen molar-refractivity contribution in [3.05, 3.63) is 52.3 Å². The number of aromatic nitrogens is 1. The minimum atomic E-state index is -0.265. The Bertz CT molecular complexity index is 859. The molecule has 0 saturated heterocycles. The van der Waals surface area contributed by atoms with E-state index in [1.54, 1.807) is 48.1 Å². The minimum Gasteiger partial charge on any atom is -0.351 e. The van der Waals surface area contributed by atoms with Crippen LogP contribution in [0.5, 0.6) is 0 Å². The summed E-state index contributed by atoms with van der Waals surface area (Å²) in [6.45, 7) is 1.48. The maximum atomic E-state index is 12.3. The van der Waals surface area contributed by atoms with E-state index >= 15 is 0 Å². The van der Waals surface area contributed by atoms with E-state index in [-0.39, 0.29) is 30.4 Å². The van der Waals surface area contributed by atoms with E-state index in [0.717, 1.165) is 17.4 Å². The van der Waals surface area contributed by atoms with Crippen LogP contribution in [0.15, 0.2) is 41.0 Å².